The monoisotopic (exact) mass is 570 g/mol. The SMILES string of the molecule is CC(C)CC(NC(=O)C1CCCN1C(=O)C(Cc1c[nH]c2ccccc12)NC(=O)C(N)CCCN=C(N)N)C(=O)O. The predicted octanol–water partition coefficient (Wildman–Crippen LogP) is 0.183. The van der Waals surface area contributed by atoms with E-state index in [1.165, 1.54) is 4.90 Å². The fourth-order valence-corrected chi connectivity index (χ4v) is 5.11. The molecule has 3 rings (SSSR count). The lowest BCUT2D eigenvalue weighted by Gasteiger charge is -2.30. The maximum Gasteiger partial charge on any atom is 0.326 e. The minimum atomic E-state index is -1.12. The maximum atomic E-state index is 13.9. The number of carbonyl (C=O) groups is 4. The number of benzene rings is 1. The Kier molecular flexibility index (Phi) is 11.1. The van der Waals surface area contributed by atoms with Crippen LogP contribution in [0, 0.1) is 5.92 Å². The molecule has 4 unspecified atom stereocenters. The zero-order chi connectivity index (χ0) is 30.1. The number of aliphatic imine (C=N–C) groups is 1. The number of nitrogens with two attached hydrogens (primary N) is 3. The van der Waals surface area contributed by atoms with Gasteiger partial charge in [-0.1, -0.05) is 32.0 Å². The van der Waals surface area contributed by atoms with E-state index in [-0.39, 0.29) is 24.7 Å². The van der Waals surface area contributed by atoms with Crippen molar-refractivity contribution in [3.05, 3.63) is 36.0 Å². The van der Waals surface area contributed by atoms with Gasteiger partial charge in [-0.3, -0.25) is 19.4 Å². The second-order valence-electron chi connectivity index (χ2n) is 10.9. The molecule has 1 saturated heterocycles. The molecule has 0 bridgehead atoms. The largest absolute Gasteiger partial charge is 0.480 e. The molecule has 3 amide bonds. The van der Waals surface area contributed by atoms with Gasteiger partial charge in [0.2, 0.25) is 17.7 Å². The van der Waals surface area contributed by atoms with Gasteiger partial charge >= 0.3 is 5.97 Å². The van der Waals surface area contributed by atoms with Crippen molar-refractivity contribution in [2.24, 2.45) is 28.1 Å². The summed E-state index contributed by atoms with van der Waals surface area (Å²) < 4.78 is 0. The third-order valence-electron chi connectivity index (χ3n) is 7.18. The molecule has 4 atom stereocenters. The highest BCUT2D eigenvalue weighted by Crippen LogP contribution is 2.23. The number of amides is 3. The number of hydrogen-bond acceptors (Lipinski definition) is 6. The average molecular weight is 571 g/mol. The number of carboxylic acids is 1. The number of nitrogens with zero attached hydrogens (tertiary/aromatic N) is 2. The van der Waals surface area contributed by atoms with Crippen molar-refractivity contribution in [1.82, 2.24) is 20.5 Å². The molecule has 13 nitrogen and oxygen atoms in total. The molecule has 1 aromatic carbocycles. The Balaban J connectivity index is 1.79. The van der Waals surface area contributed by atoms with Crippen LogP contribution in [0.2, 0.25) is 0 Å². The molecule has 10 N–H and O–H groups in total. The molecule has 0 spiro atoms. The van der Waals surface area contributed by atoms with Crippen LogP contribution in [-0.2, 0) is 25.6 Å². The Labute approximate surface area is 239 Å². The zero-order valence-corrected chi connectivity index (χ0v) is 23.6. The van der Waals surface area contributed by atoms with E-state index in [1.807, 2.05) is 38.1 Å². The van der Waals surface area contributed by atoms with Crippen LogP contribution < -0.4 is 27.8 Å². The summed E-state index contributed by atoms with van der Waals surface area (Å²) in [7, 11) is 0. The predicted molar refractivity (Wildman–Crippen MR) is 156 cm³/mol. The van der Waals surface area contributed by atoms with E-state index in [4.69, 9.17) is 17.2 Å². The van der Waals surface area contributed by atoms with Gasteiger partial charge in [0.25, 0.3) is 0 Å². The number of aliphatic carboxylic acids is 1. The summed E-state index contributed by atoms with van der Waals surface area (Å²) in [5.41, 5.74) is 18.5. The van der Waals surface area contributed by atoms with Gasteiger partial charge in [0.1, 0.15) is 18.1 Å². The van der Waals surface area contributed by atoms with Crippen LogP contribution in [0.1, 0.15) is 51.5 Å². The number of guanidine groups is 1. The number of aromatic nitrogens is 1. The van der Waals surface area contributed by atoms with Gasteiger partial charge in [0.15, 0.2) is 5.96 Å². The normalized spacial score (nSPS) is 17.2. The van der Waals surface area contributed by atoms with E-state index in [1.54, 1.807) is 6.20 Å². The van der Waals surface area contributed by atoms with Gasteiger partial charge in [-0.05, 0) is 49.7 Å². The van der Waals surface area contributed by atoms with E-state index in [9.17, 15) is 24.3 Å². The van der Waals surface area contributed by atoms with Gasteiger partial charge in [0.05, 0.1) is 6.04 Å². The second-order valence-corrected chi connectivity index (χ2v) is 10.9. The maximum absolute atomic E-state index is 13.9. The lowest BCUT2D eigenvalue weighted by Crippen LogP contribution is -2.57. The topological polar surface area (TPSA) is 222 Å². The molecule has 1 aromatic heterocycles. The molecular formula is C28H42N8O5. The van der Waals surface area contributed by atoms with Crippen LogP contribution in [0.3, 0.4) is 0 Å². The molecule has 0 saturated carbocycles. The summed E-state index contributed by atoms with van der Waals surface area (Å²) >= 11 is 0. The highest BCUT2D eigenvalue weighted by molar-refractivity contribution is 5.95. The lowest BCUT2D eigenvalue weighted by molar-refractivity contribution is -0.145. The molecule has 0 aliphatic carbocycles. The standard InChI is InChI=1S/C28H42N8O5/c1-16(2)13-22(27(40)41)35-25(38)23-10-6-12-36(23)26(39)21(14-17-15-33-20-9-4-3-7-18(17)20)34-24(37)19(29)8-5-11-32-28(30)31/h3-4,7,9,15-16,19,21-23,33H,5-6,8,10-14,29H2,1-2H3,(H,34,37)(H,35,38)(H,40,41)(H4,30,31,32). The highest BCUT2D eigenvalue weighted by atomic mass is 16.4. The van der Waals surface area contributed by atoms with E-state index >= 15 is 0 Å². The van der Waals surface area contributed by atoms with Crippen molar-refractivity contribution in [2.45, 2.75) is 76.5 Å². The Hall–Kier alpha value is -4.13. The van der Waals surface area contributed by atoms with Crippen molar-refractivity contribution in [3.63, 3.8) is 0 Å². The van der Waals surface area contributed by atoms with Crippen molar-refractivity contribution >= 4 is 40.6 Å². The summed E-state index contributed by atoms with van der Waals surface area (Å²) in [6.45, 7) is 4.37. The summed E-state index contributed by atoms with van der Waals surface area (Å²) in [4.78, 5) is 60.4. The Morgan fingerprint density at radius 1 is 1.15 bits per heavy atom. The van der Waals surface area contributed by atoms with Gasteiger partial charge in [-0.25, -0.2) is 4.79 Å². The smallest absolute Gasteiger partial charge is 0.326 e. The van der Waals surface area contributed by atoms with Gasteiger partial charge in [-0.15, -0.1) is 0 Å². The van der Waals surface area contributed by atoms with Crippen LogP contribution >= 0.6 is 0 Å². The summed E-state index contributed by atoms with van der Waals surface area (Å²) in [5.74, 6) is -2.56. The Morgan fingerprint density at radius 2 is 1.88 bits per heavy atom. The Bertz CT molecular complexity index is 1260. The first-order valence-electron chi connectivity index (χ1n) is 14.0. The highest BCUT2D eigenvalue weighted by Gasteiger charge is 2.39. The first kappa shape index (κ1) is 31.4. The molecule has 1 aliphatic heterocycles. The zero-order valence-electron chi connectivity index (χ0n) is 23.6. The van der Waals surface area contributed by atoms with Gasteiger partial charge in [-0.2, -0.15) is 0 Å². The van der Waals surface area contributed by atoms with E-state index in [0.717, 1.165) is 16.5 Å². The van der Waals surface area contributed by atoms with Gasteiger partial charge < -0.3 is 42.8 Å². The minimum Gasteiger partial charge on any atom is -0.480 e. The van der Waals surface area contributed by atoms with Crippen LogP contribution in [0.5, 0.6) is 0 Å². The fraction of sp³-hybridized carbons (Fsp3) is 0.536. The molecule has 0 radical (unpaired) electrons. The van der Waals surface area contributed by atoms with Gasteiger partial charge in [0, 0.05) is 36.6 Å². The number of H-pyrrole nitrogens is 1. The number of hydrogen-bond donors (Lipinski definition) is 7. The molecule has 2 heterocycles. The number of likely N-dealkylation sites (tertiary alicyclic amines) is 1. The molecule has 2 aromatic rings. The summed E-state index contributed by atoms with van der Waals surface area (Å²) in [6.07, 6.45) is 3.98. The number of fused-ring (bicyclic) bond motifs is 1. The molecule has 13 heteroatoms. The van der Waals surface area contributed by atoms with E-state index in [2.05, 4.69) is 20.6 Å². The third-order valence-corrected chi connectivity index (χ3v) is 7.18. The fourth-order valence-electron chi connectivity index (χ4n) is 5.11. The van der Waals surface area contributed by atoms with Crippen molar-refractivity contribution in [1.29, 1.82) is 0 Å². The molecular weight excluding hydrogens is 528 g/mol. The molecule has 224 valence electrons. The first-order valence-corrected chi connectivity index (χ1v) is 14.0. The van der Waals surface area contributed by atoms with Crippen LogP contribution in [0.4, 0.5) is 0 Å². The molecule has 41 heavy (non-hydrogen) atoms. The van der Waals surface area contributed by atoms with Crippen molar-refractivity contribution in [2.75, 3.05) is 13.1 Å². The summed E-state index contributed by atoms with van der Waals surface area (Å²) in [5, 5.41) is 15.9. The second kappa shape index (κ2) is 14.5. The van der Waals surface area contributed by atoms with Crippen molar-refractivity contribution < 1.29 is 24.3 Å². The van der Waals surface area contributed by atoms with Crippen LogP contribution in [0.25, 0.3) is 10.9 Å². The number of carbonyl (C=O) groups excluding carboxylic acids is 3. The number of para-hydroxylation sites is 1. The Morgan fingerprint density at radius 3 is 2.56 bits per heavy atom. The third kappa shape index (κ3) is 8.68. The number of carboxylic acid groups (broad SMARTS) is 1. The summed E-state index contributed by atoms with van der Waals surface area (Å²) in [6, 6.07) is 3.83. The van der Waals surface area contributed by atoms with E-state index < -0.39 is 47.9 Å². The number of nitrogens with one attached hydrogen (secondary N) is 3. The average Bonchev–Trinajstić information content (AvgIpc) is 3.57. The van der Waals surface area contributed by atoms with Crippen LogP contribution in [0.15, 0.2) is 35.5 Å². The van der Waals surface area contributed by atoms with E-state index in [0.29, 0.717) is 38.8 Å². The quantitative estimate of drug-likeness (QED) is 0.0940. The minimum absolute atomic E-state index is 0.0458. The molecule has 1 aliphatic rings. The molecule has 1 fully saturated rings. The number of rotatable bonds is 14. The van der Waals surface area contributed by atoms with Crippen molar-refractivity contribution in [3.8, 4) is 0 Å². The first-order chi connectivity index (χ1) is 19.5. The lowest BCUT2D eigenvalue weighted by atomic mass is 10.0. The number of aromatic amines is 1. The van der Waals surface area contributed by atoms with Crippen LogP contribution in [-0.4, -0.2) is 81.9 Å².